The third-order valence-electron chi connectivity index (χ3n) is 3.44. The highest BCUT2D eigenvalue weighted by atomic mass is 19.1. The van der Waals surface area contributed by atoms with E-state index in [-0.39, 0.29) is 5.41 Å². The average molecular weight is 254 g/mol. The van der Waals surface area contributed by atoms with Crippen LogP contribution < -0.4 is 5.73 Å². The lowest BCUT2D eigenvalue weighted by molar-refractivity contribution is -0.387. The summed E-state index contributed by atoms with van der Waals surface area (Å²) in [6.45, 7) is 1.47. The molecule has 1 aromatic rings. The molecule has 1 heterocycles. The maximum Gasteiger partial charge on any atom is 0.305 e. The second-order valence-corrected chi connectivity index (χ2v) is 4.69. The third-order valence-corrected chi connectivity index (χ3v) is 3.44. The predicted molar refractivity (Wildman–Crippen MR) is 63.7 cm³/mol. The summed E-state index contributed by atoms with van der Waals surface area (Å²) < 4.78 is 19.3. The maximum absolute atomic E-state index is 14.0. The van der Waals surface area contributed by atoms with Gasteiger partial charge in [-0.05, 0) is 18.4 Å². The Morgan fingerprint density at radius 1 is 1.56 bits per heavy atom. The van der Waals surface area contributed by atoms with E-state index in [1.54, 1.807) is 6.07 Å². The van der Waals surface area contributed by atoms with Crippen molar-refractivity contribution in [2.24, 2.45) is 11.1 Å². The molecule has 98 valence electrons. The lowest BCUT2D eigenvalue weighted by Crippen LogP contribution is -2.33. The summed E-state index contributed by atoms with van der Waals surface area (Å²) >= 11 is 0. The Kier molecular flexibility index (Phi) is 3.58. The number of hydrogen-bond donors (Lipinski definition) is 1. The van der Waals surface area contributed by atoms with Crippen LogP contribution in [-0.2, 0) is 11.2 Å². The van der Waals surface area contributed by atoms with Crippen molar-refractivity contribution < 1.29 is 14.1 Å². The SMILES string of the molecule is NCC1(Cc2cccc([N+](=O)[O-])c2F)CCOC1. The Hall–Kier alpha value is -1.53. The van der Waals surface area contributed by atoms with Gasteiger partial charge in [0.05, 0.1) is 11.5 Å². The van der Waals surface area contributed by atoms with E-state index >= 15 is 0 Å². The summed E-state index contributed by atoms with van der Waals surface area (Å²) in [4.78, 5) is 9.97. The largest absolute Gasteiger partial charge is 0.381 e. The number of benzene rings is 1. The summed E-state index contributed by atoms with van der Waals surface area (Å²) in [6.07, 6.45) is 1.13. The highest BCUT2D eigenvalue weighted by Gasteiger charge is 2.35. The van der Waals surface area contributed by atoms with Crippen LogP contribution in [0.1, 0.15) is 12.0 Å². The fraction of sp³-hybridized carbons (Fsp3) is 0.500. The molecule has 5 nitrogen and oxygen atoms in total. The first-order valence-electron chi connectivity index (χ1n) is 5.78. The van der Waals surface area contributed by atoms with Crippen molar-refractivity contribution in [2.45, 2.75) is 12.8 Å². The van der Waals surface area contributed by atoms with Crippen molar-refractivity contribution in [3.8, 4) is 0 Å². The zero-order valence-electron chi connectivity index (χ0n) is 9.89. The van der Waals surface area contributed by atoms with Gasteiger partial charge in [-0.25, -0.2) is 0 Å². The second kappa shape index (κ2) is 4.99. The van der Waals surface area contributed by atoms with Gasteiger partial charge < -0.3 is 10.5 Å². The van der Waals surface area contributed by atoms with Crippen LogP contribution in [0.4, 0.5) is 10.1 Å². The fourth-order valence-corrected chi connectivity index (χ4v) is 2.27. The molecule has 0 aromatic heterocycles. The van der Waals surface area contributed by atoms with E-state index in [4.69, 9.17) is 10.5 Å². The van der Waals surface area contributed by atoms with E-state index in [1.165, 1.54) is 12.1 Å². The Morgan fingerprint density at radius 3 is 2.89 bits per heavy atom. The average Bonchev–Trinajstić information content (AvgIpc) is 2.81. The molecule has 1 aliphatic rings. The molecule has 1 unspecified atom stereocenters. The van der Waals surface area contributed by atoms with Crippen LogP contribution >= 0.6 is 0 Å². The van der Waals surface area contributed by atoms with E-state index in [0.29, 0.717) is 31.7 Å². The van der Waals surface area contributed by atoms with Crippen LogP contribution in [0.2, 0.25) is 0 Å². The molecule has 1 atom stereocenters. The zero-order chi connectivity index (χ0) is 13.2. The van der Waals surface area contributed by atoms with Crippen molar-refractivity contribution in [1.29, 1.82) is 0 Å². The van der Waals surface area contributed by atoms with Crippen LogP contribution in [0.3, 0.4) is 0 Å². The number of halogens is 1. The molecular formula is C12H15FN2O3. The summed E-state index contributed by atoms with van der Waals surface area (Å²) in [5, 5.41) is 10.7. The predicted octanol–water partition coefficient (Wildman–Crippen LogP) is 1.64. The highest BCUT2D eigenvalue weighted by Crippen LogP contribution is 2.33. The van der Waals surface area contributed by atoms with Gasteiger partial charge in [0.15, 0.2) is 0 Å². The van der Waals surface area contributed by atoms with Crippen molar-refractivity contribution in [2.75, 3.05) is 19.8 Å². The van der Waals surface area contributed by atoms with Gasteiger partial charge in [0, 0.05) is 24.6 Å². The minimum Gasteiger partial charge on any atom is -0.381 e. The van der Waals surface area contributed by atoms with Crippen LogP contribution in [-0.4, -0.2) is 24.7 Å². The number of rotatable bonds is 4. The molecule has 1 aromatic carbocycles. The van der Waals surface area contributed by atoms with Crippen LogP contribution in [0.15, 0.2) is 18.2 Å². The number of nitro benzene ring substituents is 1. The number of ether oxygens (including phenoxy) is 1. The number of nitrogens with two attached hydrogens (primary N) is 1. The van der Waals surface area contributed by atoms with Crippen LogP contribution in [0, 0.1) is 21.3 Å². The second-order valence-electron chi connectivity index (χ2n) is 4.69. The van der Waals surface area contributed by atoms with Crippen molar-refractivity contribution in [3.05, 3.63) is 39.7 Å². The van der Waals surface area contributed by atoms with Gasteiger partial charge in [-0.2, -0.15) is 4.39 Å². The Labute approximate surface area is 104 Å². The minimum absolute atomic E-state index is 0.296. The molecular weight excluding hydrogens is 239 g/mol. The standard InChI is InChI=1S/C12H15FN2O3/c13-11-9(2-1-3-10(11)15(16)17)6-12(7-14)4-5-18-8-12/h1-3H,4-8,14H2. The van der Waals surface area contributed by atoms with Crippen molar-refractivity contribution in [1.82, 2.24) is 0 Å². The maximum atomic E-state index is 14.0. The first-order valence-corrected chi connectivity index (χ1v) is 5.78. The molecule has 1 aliphatic heterocycles. The molecule has 1 fully saturated rings. The summed E-state index contributed by atoms with van der Waals surface area (Å²) in [6, 6.07) is 4.23. The lowest BCUT2D eigenvalue weighted by atomic mass is 9.81. The van der Waals surface area contributed by atoms with E-state index in [2.05, 4.69) is 0 Å². The molecule has 1 saturated heterocycles. The number of hydrogen-bond acceptors (Lipinski definition) is 4. The normalized spacial score (nSPS) is 23.2. The van der Waals surface area contributed by atoms with Gasteiger partial charge in [0.25, 0.3) is 0 Å². The first-order chi connectivity index (χ1) is 8.58. The van der Waals surface area contributed by atoms with Crippen LogP contribution in [0.5, 0.6) is 0 Å². The molecule has 2 rings (SSSR count). The molecule has 0 radical (unpaired) electrons. The van der Waals surface area contributed by atoms with Gasteiger partial charge in [0.1, 0.15) is 0 Å². The molecule has 6 heteroatoms. The van der Waals surface area contributed by atoms with Gasteiger partial charge >= 0.3 is 5.69 Å². The topological polar surface area (TPSA) is 78.4 Å². The quantitative estimate of drug-likeness (QED) is 0.654. The molecule has 0 amide bonds. The number of nitrogens with zero attached hydrogens (tertiary/aromatic N) is 1. The highest BCUT2D eigenvalue weighted by molar-refractivity contribution is 5.37. The minimum atomic E-state index is -0.762. The molecule has 0 aliphatic carbocycles. The van der Waals surface area contributed by atoms with Gasteiger partial charge in [-0.3, -0.25) is 10.1 Å². The van der Waals surface area contributed by atoms with E-state index in [0.717, 1.165) is 6.42 Å². The van der Waals surface area contributed by atoms with E-state index < -0.39 is 16.4 Å². The van der Waals surface area contributed by atoms with Gasteiger partial charge in [0.2, 0.25) is 5.82 Å². The lowest BCUT2D eigenvalue weighted by Gasteiger charge is -2.25. The molecule has 0 bridgehead atoms. The van der Waals surface area contributed by atoms with Crippen LogP contribution in [0.25, 0.3) is 0 Å². The van der Waals surface area contributed by atoms with E-state index in [9.17, 15) is 14.5 Å². The Balaban J connectivity index is 2.29. The Bertz CT molecular complexity index is 459. The van der Waals surface area contributed by atoms with E-state index in [1.807, 2.05) is 0 Å². The molecule has 0 saturated carbocycles. The van der Waals surface area contributed by atoms with Crippen molar-refractivity contribution >= 4 is 5.69 Å². The first kappa shape index (κ1) is 12.9. The number of nitro groups is 1. The van der Waals surface area contributed by atoms with Gasteiger partial charge in [-0.15, -0.1) is 0 Å². The zero-order valence-corrected chi connectivity index (χ0v) is 9.89. The van der Waals surface area contributed by atoms with Crippen molar-refractivity contribution in [3.63, 3.8) is 0 Å². The smallest absolute Gasteiger partial charge is 0.305 e. The summed E-state index contributed by atoms with van der Waals surface area (Å²) in [7, 11) is 0. The Morgan fingerprint density at radius 2 is 2.33 bits per heavy atom. The monoisotopic (exact) mass is 254 g/mol. The fourth-order valence-electron chi connectivity index (χ4n) is 2.27. The summed E-state index contributed by atoms with van der Waals surface area (Å²) in [5.41, 5.74) is 5.28. The molecule has 0 spiro atoms. The summed E-state index contributed by atoms with van der Waals surface area (Å²) in [5.74, 6) is -0.762. The third kappa shape index (κ3) is 2.34. The van der Waals surface area contributed by atoms with Gasteiger partial charge in [-0.1, -0.05) is 12.1 Å². The molecule has 18 heavy (non-hydrogen) atoms. The molecule has 2 N–H and O–H groups in total.